The van der Waals surface area contributed by atoms with E-state index in [4.69, 9.17) is 5.41 Å². The van der Waals surface area contributed by atoms with Crippen LogP contribution in [0.2, 0.25) is 0 Å². The number of benzene rings is 1. The summed E-state index contributed by atoms with van der Waals surface area (Å²) in [7, 11) is 0. The Labute approximate surface area is 150 Å². The third kappa shape index (κ3) is 2.78. The largest absolute Gasteiger partial charge is 0.287 e. The first kappa shape index (κ1) is 15.8. The van der Waals surface area contributed by atoms with Gasteiger partial charge in [0.1, 0.15) is 5.84 Å². The van der Waals surface area contributed by atoms with Crippen LogP contribution in [0.3, 0.4) is 0 Å². The lowest BCUT2D eigenvalue weighted by Crippen LogP contribution is -2.36. The highest BCUT2D eigenvalue weighted by molar-refractivity contribution is 8.22. The first-order chi connectivity index (χ1) is 12.0. The highest BCUT2D eigenvalue weighted by Gasteiger charge is 2.37. The van der Waals surface area contributed by atoms with E-state index in [1.807, 2.05) is 12.1 Å². The zero-order chi connectivity index (χ0) is 17.6. The van der Waals surface area contributed by atoms with E-state index in [0.717, 1.165) is 32.9 Å². The average molecular weight is 348 g/mol. The summed E-state index contributed by atoms with van der Waals surface area (Å²) in [6.07, 6.45) is 3.52. The molecule has 0 unspecified atom stereocenters. The van der Waals surface area contributed by atoms with Crippen molar-refractivity contribution in [2.45, 2.75) is 20.3 Å². The number of carbonyl (C=O) groups is 1. The number of hydrogen-bond acceptors (Lipinski definition) is 4. The van der Waals surface area contributed by atoms with Gasteiger partial charge < -0.3 is 0 Å². The highest BCUT2D eigenvalue weighted by atomic mass is 32.2. The van der Waals surface area contributed by atoms with Crippen LogP contribution in [0.1, 0.15) is 28.7 Å². The van der Waals surface area contributed by atoms with E-state index < -0.39 is 0 Å². The molecule has 5 nitrogen and oxygen atoms in total. The summed E-state index contributed by atoms with van der Waals surface area (Å²) in [5.74, 6) is 0.000200. The van der Waals surface area contributed by atoms with Crippen molar-refractivity contribution in [2.75, 3.05) is 0 Å². The quantitative estimate of drug-likeness (QED) is 0.895. The number of aryl methyl sites for hydroxylation is 2. The molecule has 0 aliphatic carbocycles. The minimum Gasteiger partial charge on any atom is -0.287 e. The molecule has 2 aliphatic heterocycles. The number of aromatic nitrogens is 1. The van der Waals surface area contributed by atoms with E-state index in [-0.39, 0.29) is 18.2 Å². The third-order valence-electron chi connectivity index (χ3n) is 4.07. The number of nitrogens with zero attached hydrogens (tertiary/aromatic N) is 3. The Morgan fingerprint density at radius 2 is 1.76 bits per heavy atom. The Balaban J connectivity index is 1.97. The lowest BCUT2D eigenvalue weighted by atomic mass is 10.0. The van der Waals surface area contributed by atoms with Gasteiger partial charge in [0.15, 0.2) is 5.17 Å². The summed E-state index contributed by atoms with van der Waals surface area (Å²) in [5, 5.41) is 8.91. The third-order valence-corrected chi connectivity index (χ3v) is 5.16. The normalized spacial score (nSPS) is 17.0. The Bertz CT molecular complexity index is 942. The van der Waals surface area contributed by atoms with Gasteiger partial charge in [0, 0.05) is 22.9 Å². The van der Waals surface area contributed by atoms with Crippen LogP contribution in [0.15, 0.2) is 47.7 Å². The van der Waals surface area contributed by atoms with E-state index in [0.29, 0.717) is 5.17 Å². The Morgan fingerprint density at radius 1 is 1.08 bits per heavy atom. The van der Waals surface area contributed by atoms with Crippen molar-refractivity contribution in [3.8, 4) is 0 Å². The Kier molecular flexibility index (Phi) is 3.77. The van der Waals surface area contributed by atoms with E-state index in [2.05, 4.69) is 42.0 Å². The molecular weight excluding hydrogens is 332 g/mol. The molecule has 0 saturated heterocycles. The number of amidine groups is 2. The summed E-state index contributed by atoms with van der Waals surface area (Å²) in [6, 6.07) is 10.2. The maximum atomic E-state index is 11.8. The van der Waals surface area contributed by atoms with Crippen molar-refractivity contribution < 1.29 is 4.79 Å². The lowest BCUT2D eigenvalue weighted by Gasteiger charge is -2.25. The zero-order valence-electron chi connectivity index (χ0n) is 13.9. The van der Waals surface area contributed by atoms with Crippen LogP contribution in [0.4, 0.5) is 0 Å². The number of thioether (sulfide) groups is 1. The number of amides is 1. The maximum absolute atomic E-state index is 11.8. The first-order valence-electron chi connectivity index (χ1n) is 7.93. The van der Waals surface area contributed by atoms with Crippen molar-refractivity contribution in [1.82, 2.24) is 9.88 Å². The van der Waals surface area contributed by atoms with Gasteiger partial charge in [-0.15, -0.1) is 0 Å². The van der Waals surface area contributed by atoms with Gasteiger partial charge in [-0.3, -0.25) is 20.1 Å². The lowest BCUT2D eigenvalue weighted by molar-refractivity contribution is -0.116. The molecule has 6 heteroatoms. The fourth-order valence-corrected chi connectivity index (χ4v) is 4.33. The second-order valence-electron chi connectivity index (χ2n) is 6.14. The van der Waals surface area contributed by atoms with E-state index >= 15 is 0 Å². The van der Waals surface area contributed by atoms with Gasteiger partial charge in [0.2, 0.25) is 0 Å². The number of carbonyl (C=O) groups excluding carboxylic acids is 1. The molecule has 0 fully saturated rings. The predicted octanol–water partition coefficient (Wildman–Crippen LogP) is 3.84. The number of fused-ring (bicyclic) bond motifs is 1. The van der Waals surface area contributed by atoms with Crippen LogP contribution in [0.5, 0.6) is 0 Å². The van der Waals surface area contributed by atoms with Crippen molar-refractivity contribution in [3.63, 3.8) is 0 Å². The molecule has 2 aliphatic rings. The van der Waals surface area contributed by atoms with Gasteiger partial charge in [-0.05, 0) is 55.4 Å². The summed E-state index contributed by atoms with van der Waals surface area (Å²) in [6.45, 7) is 4.12. The summed E-state index contributed by atoms with van der Waals surface area (Å²) in [5.41, 5.74) is 5.27. The van der Waals surface area contributed by atoms with Gasteiger partial charge in [-0.1, -0.05) is 17.2 Å². The maximum Gasteiger partial charge on any atom is 0.255 e. The van der Waals surface area contributed by atoms with Crippen molar-refractivity contribution >= 4 is 39.3 Å². The SMILES string of the molecule is Cc1cc(C)cc(C2=C(c3ccncc3)SC3=NC(=O)CC(=N)N32)c1. The van der Waals surface area contributed by atoms with Gasteiger partial charge >= 0.3 is 0 Å². The van der Waals surface area contributed by atoms with Gasteiger partial charge in [0.25, 0.3) is 5.91 Å². The van der Waals surface area contributed by atoms with Crippen molar-refractivity contribution in [1.29, 1.82) is 5.41 Å². The highest BCUT2D eigenvalue weighted by Crippen LogP contribution is 2.47. The Morgan fingerprint density at radius 3 is 2.44 bits per heavy atom. The monoisotopic (exact) mass is 348 g/mol. The molecule has 2 aromatic rings. The van der Waals surface area contributed by atoms with Gasteiger partial charge in [-0.2, -0.15) is 4.99 Å². The van der Waals surface area contributed by atoms with Crippen LogP contribution in [-0.4, -0.2) is 26.8 Å². The average Bonchev–Trinajstić information content (AvgIpc) is 2.94. The molecule has 4 rings (SSSR count). The summed E-state index contributed by atoms with van der Waals surface area (Å²) < 4.78 is 0. The smallest absolute Gasteiger partial charge is 0.255 e. The van der Waals surface area contributed by atoms with Gasteiger partial charge in [-0.25, -0.2) is 0 Å². The molecule has 0 radical (unpaired) electrons. The van der Waals surface area contributed by atoms with Crippen LogP contribution < -0.4 is 0 Å². The number of hydrogen-bond donors (Lipinski definition) is 1. The van der Waals surface area contributed by atoms with Crippen molar-refractivity contribution in [3.05, 3.63) is 65.0 Å². The topological polar surface area (TPSA) is 69.4 Å². The molecule has 1 amide bonds. The molecule has 124 valence electrons. The molecule has 1 N–H and O–H groups in total. The molecule has 0 spiro atoms. The molecular formula is C19H16N4OS. The standard InChI is InChI=1S/C19H16N4OS/c1-11-7-12(2)9-14(8-11)17-18(13-3-5-21-6-4-13)25-19-22-16(24)10-15(20)23(17)19/h3-9,20H,10H2,1-2H3. The number of pyridine rings is 1. The van der Waals surface area contributed by atoms with Crippen LogP contribution in [0.25, 0.3) is 10.6 Å². The van der Waals surface area contributed by atoms with Gasteiger partial charge in [0.05, 0.1) is 12.1 Å². The second-order valence-corrected chi connectivity index (χ2v) is 7.12. The van der Waals surface area contributed by atoms with Crippen LogP contribution in [-0.2, 0) is 4.79 Å². The molecule has 1 aromatic heterocycles. The molecule has 0 saturated carbocycles. The number of aliphatic imine (C=N–C) groups is 1. The minimum atomic E-state index is -0.264. The van der Waals surface area contributed by atoms with E-state index in [1.54, 1.807) is 17.3 Å². The molecule has 3 heterocycles. The second kappa shape index (κ2) is 5.97. The zero-order valence-corrected chi connectivity index (χ0v) is 14.7. The van der Waals surface area contributed by atoms with Crippen molar-refractivity contribution in [2.24, 2.45) is 4.99 Å². The fraction of sp³-hybridized carbons (Fsp3) is 0.158. The molecule has 1 aromatic carbocycles. The first-order valence-corrected chi connectivity index (χ1v) is 8.75. The fourth-order valence-electron chi connectivity index (χ4n) is 3.14. The van der Waals surface area contributed by atoms with E-state index in [1.165, 1.54) is 11.8 Å². The minimum absolute atomic E-state index is 0.0297. The van der Waals surface area contributed by atoms with E-state index in [9.17, 15) is 4.79 Å². The number of nitrogens with one attached hydrogen (secondary N) is 1. The molecule has 0 atom stereocenters. The molecule has 25 heavy (non-hydrogen) atoms. The summed E-state index contributed by atoms with van der Waals surface area (Å²) in [4.78, 5) is 22.9. The Hall–Kier alpha value is -2.73. The van der Waals surface area contributed by atoms with Crippen LogP contribution in [0, 0.1) is 19.3 Å². The van der Waals surface area contributed by atoms with Crippen LogP contribution >= 0.6 is 11.8 Å². The molecule has 0 bridgehead atoms. The summed E-state index contributed by atoms with van der Waals surface area (Å²) >= 11 is 1.44. The number of rotatable bonds is 2. The predicted molar refractivity (Wildman–Crippen MR) is 101 cm³/mol.